The van der Waals surface area contributed by atoms with Crippen LogP contribution < -0.4 is 18.9 Å². The van der Waals surface area contributed by atoms with E-state index in [2.05, 4.69) is 0 Å². The van der Waals surface area contributed by atoms with Crippen molar-refractivity contribution >= 4 is 0 Å². The Morgan fingerprint density at radius 3 is 1.70 bits per heavy atom. The molecule has 2 rings (SSSR count). The van der Waals surface area contributed by atoms with E-state index in [-0.39, 0.29) is 5.75 Å². The van der Waals surface area contributed by atoms with Crippen LogP contribution in [0.15, 0.2) is 30.3 Å². The number of ether oxygens (including phenoxy) is 6. The Morgan fingerprint density at radius 2 is 1.30 bits per heavy atom. The van der Waals surface area contributed by atoms with Crippen LogP contribution in [0.3, 0.4) is 0 Å². The highest BCUT2D eigenvalue weighted by Crippen LogP contribution is 2.43. The molecule has 0 amide bonds. The van der Waals surface area contributed by atoms with Gasteiger partial charge in [-0.3, -0.25) is 0 Å². The number of rotatable bonds is 9. The van der Waals surface area contributed by atoms with Crippen molar-refractivity contribution in [3.05, 3.63) is 41.5 Å². The molecule has 0 fully saturated rings. The molecular formula is C20H26O7. The van der Waals surface area contributed by atoms with Gasteiger partial charge in [0.2, 0.25) is 5.75 Å². The minimum atomic E-state index is -1.13. The Kier molecular flexibility index (Phi) is 6.76. The van der Waals surface area contributed by atoms with Crippen molar-refractivity contribution in [1.82, 2.24) is 0 Å². The summed E-state index contributed by atoms with van der Waals surface area (Å²) in [5.74, 6) is 0.763. The summed E-state index contributed by atoms with van der Waals surface area (Å²) in [4.78, 5) is 0. The maximum absolute atomic E-state index is 10.1. The lowest BCUT2D eigenvalue weighted by atomic mass is 9.96. The highest BCUT2D eigenvalue weighted by atomic mass is 16.7. The molecule has 0 saturated heterocycles. The molecule has 0 aliphatic heterocycles. The van der Waals surface area contributed by atoms with Crippen molar-refractivity contribution < 1.29 is 33.5 Å². The SMILES string of the molecule is COc1ccc(CC(OC)(OC)c2cc(OC)c(OC)c(OC)c2)cc1O. The van der Waals surface area contributed by atoms with E-state index in [0.29, 0.717) is 35.0 Å². The molecule has 1 N–H and O–H groups in total. The van der Waals surface area contributed by atoms with Crippen molar-refractivity contribution in [2.75, 3.05) is 42.7 Å². The van der Waals surface area contributed by atoms with Gasteiger partial charge in [0.1, 0.15) is 0 Å². The first-order valence-corrected chi connectivity index (χ1v) is 8.25. The van der Waals surface area contributed by atoms with Crippen LogP contribution in [0.4, 0.5) is 0 Å². The number of phenols is 1. The van der Waals surface area contributed by atoms with E-state index < -0.39 is 5.79 Å². The lowest BCUT2D eigenvalue weighted by Gasteiger charge is -2.32. The van der Waals surface area contributed by atoms with E-state index in [1.165, 1.54) is 7.11 Å². The molecule has 2 aromatic rings. The van der Waals surface area contributed by atoms with Crippen molar-refractivity contribution in [3.8, 4) is 28.7 Å². The summed E-state index contributed by atoms with van der Waals surface area (Å²) in [6, 6.07) is 8.69. The van der Waals surface area contributed by atoms with Gasteiger partial charge < -0.3 is 33.5 Å². The molecule has 7 nitrogen and oxygen atoms in total. The Bertz CT molecular complexity index is 744. The van der Waals surface area contributed by atoms with E-state index in [1.54, 1.807) is 59.8 Å². The number of hydrogen-bond donors (Lipinski definition) is 1. The molecule has 0 unspecified atom stereocenters. The Balaban J connectivity index is 2.53. The number of methoxy groups -OCH3 is 6. The third kappa shape index (κ3) is 4.04. The van der Waals surface area contributed by atoms with Gasteiger partial charge in [-0.25, -0.2) is 0 Å². The van der Waals surface area contributed by atoms with Gasteiger partial charge in [0.05, 0.1) is 28.4 Å². The minimum Gasteiger partial charge on any atom is -0.504 e. The van der Waals surface area contributed by atoms with Crippen LogP contribution in [0.2, 0.25) is 0 Å². The van der Waals surface area contributed by atoms with Gasteiger partial charge in [-0.15, -0.1) is 0 Å². The second kappa shape index (κ2) is 8.83. The quantitative estimate of drug-likeness (QED) is 0.672. The Hall–Kier alpha value is -2.64. The van der Waals surface area contributed by atoms with Crippen molar-refractivity contribution in [1.29, 1.82) is 0 Å². The minimum absolute atomic E-state index is 0.0426. The van der Waals surface area contributed by atoms with Crippen LogP contribution in [0.25, 0.3) is 0 Å². The summed E-state index contributed by atoms with van der Waals surface area (Å²) in [6.45, 7) is 0. The zero-order valence-electron chi connectivity index (χ0n) is 16.5. The van der Waals surface area contributed by atoms with Crippen LogP contribution in [-0.2, 0) is 21.7 Å². The molecule has 0 aliphatic carbocycles. The molecule has 0 saturated carbocycles. The number of phenolic OH excluding ortho intramolecular Hbond substituents is 1. The third-order valence-corrected chi connectivity index (χ3v) is 4.44. The predicted molar refractivity (Wildman–Crippen MR) is 100 cm³/mol. The molecule has 148 valence electrons. The third-order valence-electron chi connectivity index (χ3n) is 4.44. The van der Waals surface area contributed by atoms with Crippen LogP contribution in [0.5, 0.6) is 28.7 Å². The number of aromatic hydroxyl groups is 1. The Labute approximate surface area is 159 Å². The molecule has 2 aromatic carbocycles. The zero-order valence-corrected chi connectivity index (χ0v) is 16.5. The maximum atomic E-state index is 10.1. The van der Waals surface area contributed by atoms with E-state index in [1.807, 2.05) is 6.07 Å². The maximum Gasteiger partial charge on any atom is 0.203 e. The van der Waals surface area contributed by atoms with Crippen molar-refractivity contribution in [3.63, 3.8) is 0 Å². The molecular weight excluding hydrogens is 352 g/mol. The van der Waals surface area contributed by atoms with Crippen molar-refractivity contribution in [2.24, 2.45) is 0 Å². The molecule has 7 heteroatoms. The van der Waals surface area contributed by atoms with Gasteiger partial charge in [0.15, 0.2) is 28.8 Å². The summed E-state index contributed by atoms with van der Waals surface area (Å²) in [5, 5.41) is 10.1. The molecule has 0 aliphatic rings. The molecule has 0 spiro atoms. The first kappa shape index (κ1) is 20.7. The fourth-order valence-electron chi connectivity index (χ4n) is 2.98. The molecule has 27 heavy (non-hydrogen) atoms. The van der Waals surface area contributed by atoms with Crippen LogP contribution in [0.1, 0.15) is 11.1 Å². The van der Waals surface area contributed by atoms with E-state index >= 15 is 0 Å². The fourth-order valence-corrected chi connectivity index (χ4v) is 2.98. The standard InChI is InChI=1S/C20H26O7/c1-22-16-8-7-13(9-15(16)21)12-20(26-5,27-6)14-10-17(23-2)19(25-4)18(11-14)24-3/h7-11,21H,12H2,1-6H3. The normalized spacial score (nSPS) is 11.2. The van der Waals surface area contributed by atoms with E-state index in [9.17, 15) is 5.11 Å². The summed E-state index contributed by atoms with van der Waals surface area (Å²) in [7, 11) is 9.24. The van der Waals surface area contributed by atoms with Gasteiger partial charge in [-0.05, 0) is 29.8 Å². The predicted octanol–water partition coefficient (Wildman–Crippen LogP) is 3.11. The first-order valence-electron chi connectivity index (χ1n) is 8.25. The summed E-state index contributed by atoms with van der Waals surface area (Å²) in [6.07, 6.45) is 0.330. The van der Waals surface area contributed by atoms with Crippen LogP contribution in [0, 0.1) is 0 Å². The van der Waals surface area contributed by atoms with Gasteiger partial charge in [0.25, 0.3) is 0 Å². The highest BCUT2D eigenvalue weighted by Gasteiger charge is 2.35. The van der Waals surface area contributed by atoms with Gasteiger partial charge in [0, 0.05) is 26.2 Å². The van der Waals surface area contributed by atoms with Crippen LogP contribution in [-0.4, -0.2) is 47.8 Å². The van der Waals surface area contributed by atoms with Gasteiger partial charge in [-0.1, -0.05) is 6.07 Å². The fraction of sp³-hybridized carbons (Fsp3) is 0.400. The number of benzene rings is 2. The molecule has 0 heterocycles. The second-order valence-corrected chi connectivity index (χ2v) is 5.76. The lowest BCUT2D eigenvalue weighted by Crippen LogP contribution is -2.33. The Morgan fingerprint density at radius 1 is 0.741 bits per heavy atom. The van der Waals surface area contributed by atoms with Crippen LogP contribution >= 0.6 is 0 Å². The topological polar surface area (TPSA) is 75.6 Å². The molecule has 0 radical (unpaired) electrons. The molecule has 0 aromatic heterocycles. The zero-order chi connectivity index (χ0) is 20.0. The van der Waals surface area contributed by atoms with Crippen molar-refractivity contribution in [2.45, 2.75) is 12.2 Å². The number of hydrogen-bond acceptors (Lipinski definition) is 7. The van der Waals surface area contributed by atoms with Gasteiger partial charge in [-0.2, -0.15) is 0 Å². The van der Waals surface area contributed by atoms with Gasteiger partial charge >= 0.3 is 0 Å². The summed E-state index contributed by atoms with van der Waals surface area (Å²) in [5.41, 5.74) is 1.48. The van der Waals surface area contributed by atoms with E-state index in [4.69, 9.17) is 28.4 Å². The molecule has 0 bridgehead atoms. The highest BCUT2D eigenvalue weighted by molar-refractivity contribution is 5.55. The summed E-state index contributed by atoms with van der Waals surface area (Å²) >= 11 is 0. The average molecular weight is 378 g/mol. The second-order valence-electron chi connectivity index (χ2n) is 5.76. The lowest BCUT2D eigenvalue weighted by molar-refractivity contribution is -0.215. The monoisotopic (exact) mass is 378 g/mol. The van der Waals surface area contributed by atoms with E-state index in [0.717, 1.165) is 5.56 Å². The average Bonchev–Trinajstić information content (AvgIpc) is 2.71. The smallest absolute Gasteiger partial charge is 0.203 e. The largest absolute Gasteiger partial charge is 0.504 e. The molecule has 0 atom stereocenters. The first-order chi connectivity index (χ1) is 13.0. The summed E-state index contributed by atoms with van der Waals surface area (Å²) < 4.78 is 32.8.